The van der Waals surface area contributed by atoms with Crippen LogP contribution in [0.3, 0.4) is 0 Å². The van der Waals surface area contributed by atoms with Crippen molar-refractivity contribution in [3.8, 4) is 5.69 Å². The van der Waals surface area contributed by atoms with E-state index in [1.807, 2.05) is 60.5 Å². The number of rotatable bonds is 5. The maximum Gasteiger partial charge on any atom is 0.253 e. The lowest BCUT2D eigenvalue weighted by Crippen LogP contribution is -2.26. The number of benzene rings is 1. The molecule has 1 fully saturated rings. The van der Waals surface area contributed by atoms with Crippen LogP contribution >= 0.6 is 0 Å². The van der Waals surface area contributed by atoms with E-state index in [0.29, 0.717) is 18.5 Å². The summed E-state index contributed by atoms with van der Waals surface area (Å²) in [7, 11) is -1.22. The van der Waals surface area contributed by atoms with Gasteiger partial charge in [-0.05, 0) is 57.5 Å². The summed E-state index contributed by atoms with van der Waals surface area (Å²) in [6, 6.07) is 9.19. The fourth-order valence-corrected chi connectivity index (χ4v) is 5.86. The Morgan fingerprint density at radius 2 is 1.87 bits per heavy atom. The molecular weight excluding hydrogens is 414 g/mol. The van der Waals surface area contributed by atoms with Crippen LogP contribution in [0.2, 0.25) is 0 Å². The molecule has 8 nitrogen and oxygen atoms in total. The number of sulfone groups is 1. The molecule has 0 spiro atoms. The van der Waals surface area contributed by atoms with Gasteiger partial charge < -0.3 is 4.90 Å². The first-order valence-corrected chi connectivity index (χ1v) is 12.1. The second kappa shape index (κ2) is 7.96. The average molecular weight is 442 g/mol. The summed E-state index contributed by atoms with van der Waals surface area (Å²) >= 11 is 0. The predicted molar refractivity (Wildman–Crippen MR) is 118 cm³/mol. The molecule has 9 heteroatoms. The monoisotopic (exact) mass is 441 g/mol. The summed E-state index contributed by atoms with van der Waals surface area (Å²) in [5.74, 6) is 0.252. The molecular formula is C22H27N5O3S. The topological polar surface area (TPSA) is 90.1 Å². The number of carbonyl (C=O) groups is 1. The third-order valence-corrected chi connectivity index (χ3v) is 7.71. The summed E-state index contributed by atoms with van der Waals surface area (Å²) in [4.78, 5) is 14.6. The summed E-state index contributed by atoms with van der Waals surface area (Å²) in [5.41, 5.74) is 5.23. The van der Waals surface area contributed by atoms with Gasteiger partial charge in [0.25, 0.3) is 5.91 Å². The van der Waals surface area contributed by atoms with E-state index in [1.165, 1.54) is 0 Å². The van der Waals surface area contributed by atoms with Gasteiger partial charge in [0, 0.05) is 42.3 Å². The van der Waals surface area contributed by atoms with Crippen molar-refractivity contribution < 1.29 is 13.2 Å². The molecule has 1 aliphatic rings. The number of aromatic nitrogens is 4. The molecule has 0 bridgehead atoms. The first kappa shape index (κ1) is 21.3. The summed E-state index contributed by atoms with van der Waals surface area (Å²) in [6.07, 6.45) is 2.33. The number of carbonyl (C=O) groups excluding carboxylic acids is 1. The Bertz CT molecular complexity index is 1220. The van der Waals surface area contributed by atoms with Gasteiger partial charge in [-0.3, -0.25) is 9.48 Å². The Morgan fingerprint density at radius 1 is 1.16 bits per heavy atom. The third-order valence-electron chi connectivity index (χ3n) is 5.96. The largest absolute Gasteiger partial charge is 0.337 e. The molecule has 1 amide bonds. The highest BCUT2D eigenvalue weighted by Gasteiger charge is 2.31. The van der Waals surface area contributed by atoms with Crippen molar-refractivity contribution in [1.29, 1.82) is 0 Å². The van der Waals surface area contributed by atoms with Gasteiger partial charge in [-0.1, -0.05) is 0 Å². The van der Waals surface area contributed by atoms with Gasteiger partial charge in [0.2, 0.25) is 0 Å². The molecule has 1 unspecified atom stereocenters. The Balaban J connectivity index is 1.50. The second-order valence-corrected chi connectivity index (χ2v) is 10.5. The maximum absolute atomic E-state index is 13.0. The third kappa shape index (κ3) is 4.14. The van der Waals surface area contributed by atoms with Crippen molar-refractivity contribution in [2.75, 3.05) is 18.6 Å². The number of amides is 1. The Hall–Kier alpha value is -2.94. The molecule has 3 aromatic rings. The van der Waals surface area contributed by atoms with Crippen LogP contribution in [0.1, 0.15) is 45.5 Å². The lowest BCUT2D eigenvalue weighted by Gasteiger charge is -2.18. The van der Waals surface area contributed by atoms with E-state index in [2.05, 4.69) is 10.2 Å². The zero-order chi connectivity index (χ0) is 22.3. The Morgan fingerprint density at radius 3 is 2.45 bits per heavy atom. The average Bonchev–Trinajstić information content (AvgIpc) is 3.40. The van der Waals surface area contributed by atoms with Crippen LogP contribution < -0.4 is 0 Å². The highest BCUT2D eigenvalue weighted by molar-refractivity contribution is 7.91. The van der Waals surface area contributed by atoms with Gasteiger partial charge in [0.05, 0.1) is 28.9 Å². The molecule has 31 heavy (non-hydrogen) atoms. The summed E-state index contributed by atoms with van der Waals surface area (Å²) in [5, 5.41) is 8.88. The SMILES string of the molecule is Cc1nn(C2CCS(=O)(=O)C2)c(C)c1CN(C)C(=O)c1ccc(-n2nccc2C)cc1. The molecule has 1 aliphatic heterocycles. The standard InChI is InChI=1S/C22H27N5O3S/c1-15-9-11-23-26(15)19-7-5-18(6-8-19)22(28)25(4)13-21-16(2)24-27(17(21)3)20-10-12-31(29,30)14-20/h5-9,11,20H,10,12-14H2,1-4H3. The fraction of sp³-hybridized carbons (Fsp3) is 0.409. The predicted octanol–water partition coefficient (Wildman–Crippen LogP) is 2.63. The smallest absolute Gasteiger partial charge is 0.253 e. The molecule has 3 heterocycles. The van der Waals surface area contributed by atoms with Gasteiger partial charge in [-0.2, -0.15) is 10.2 Å². The van der Waals surface area contributed by atoms with Crippen LogP contribution in [0.15, 0.2) is 36.5 Å². The molecule has 1 saturated heterocycles. The maximum atomic E-state index is 13.0. The highest BCUT2D eigenvalue weighted by Crippen LogP contribution is 2.27. The fourth-order valence-electron chi connectivity index (χ4n) is 4.16. The minimum Gasteiger partial charge on any atom is -0.337 e. The van der Waals surface area contributed by atoms with Crippen molar-refractivity contribution >= 4 is 15.7 Å². The van der Waals surface area contributed by atoms with Crippen LogP contribution in [-0.2, 0) is 16.4 Å². The van der Waals surface area contributed by atoms with Gasteiger partial charge in [-0.25, -0.2) is 13.1 Å². The van der Waals surface area contributed by atoms with Crippen LogP contribution in [0.4, 0.5) is 0 Å². The van der Waals surface area contributed by atoms with Gasteiger partial charge in [-0.15, -0.1) is 0 Å². The molecule has 0 N–H and O–H groups in total. The Labute approximate surface area is 182 Å². The molecule has 164 valence electrons. The lowest BCUT2D eigenvalue weighted by atomic mass is 10.1. The van der Waals surface area contributed by atoms with E-state index < -0.39 is 9.84 Å². The van der Waals surface area contributed by atoms with E-state index >= 15 is 0 Å². The molecule has 2 aromatic heterocycles. The van der Waals surface area contributed by atoms with E-state index in [9.17, 15) is 13.2 Å². The minimum absolute atomic E-state index is 0.0845. The lowest BCUT2D eigenvalue weighted by molar-refractivity contribution is 0.0784. The van der Waals surface area contributed by atoms with Gasteiger partial charge in [0.15, 0.2) is 9.84 Å². The first-order valence-electron chi connectivity index (χ1n) is 10.3. The van der Waals surface area contributed by atoms with Crippen molar-refractivity contribution in [3.63, 3.8) is 0 Å². The van der Waals surface area contributed by atoms with Crippen molar-refractivity contribution in [1.82, 2.24) is 24.5 Å². The molecule has 1 atom stereocenters. The molecule has 0 saturated carbocycles. The number of nitrogens with zero attached hydrogens (tertiary/aromatic N) is 5. The van der Waals surface area contributed by atoms with Gasteiger partial charge in [0.1, 0.15) is 0 Å². The van der Waals surface area contributed by atoms with Crippen molar-refractivity contribution in [2.24, 2.45) is 0 Å². The van der Waals surface area contributed by atoms with E-state index in [0.717, 1.165) is 28.3 Å². The van der Waals surface area contributed by atoms with Crippen LogP contribution in [0.5, 0.6) is 0 Å². The van der Waals surface area contributed by atoms with E-state index in [-0.39, 0.29) is 23.5 Å². The van der Waals surface area contributed by atoms with Crippen molar-refractivity contribution in [3.05, 3.63) is 64.7 Å². The van der Waals surface area contributed by atoms with Gasteiger partial charge >= 0.3 is 0 Å². The Kier molecular flexibility index (Phi) is 5.47. The number of hydrogen-bond acceptors (Lipinski definition) is 5. The van der Waals surface area contributed by atoms with Crippen LogP contribution in [0.25, 0.3) is 5.69 Å². The zero-order valence-electron chi connectivity index (χ0n) is 18.2. The van der Waals surface area contributed by atoms with E-state index in [1.54, 1.807) is 18.1 Å². The van der Waals surface area contributed by atoms with Crippen LogP contribution in [0, 0.1) is 20.8 Å². The highest BCUT2D eigenvalue weighted by atomic mass is 32.2. The summed E-state index contributed by atoms with van der Waals surface area (Å²) in [6.45, 7) is 6.24. The van der Waals surface area contributed by atoms with E-state index in [4.69, 9.17) is 0 Å². The number of aryl methyl sites for hydroxylation is 2. The zero-order valence-corrected chi connectivity index (χ0v) is 19.1. The van der Waals surface area contributed by atoms with Crippen molar-refractivity contribution in [2.45, 2.75) is 39.8 Å². The molecule has 0 radical (unpaired) electrons. The molecule has 0 aliphatic carbocycles. The summed E-state index contributed by atoms with van der Waals surface area (Å²) < 4.78 is 27.4. The normalized spacial score (nSPS) is 17.7. The second-order valence-electron chi connectivity index (χ2n) is 8.24. The number of hydrogen-bond donors (Lipinski definition) is 0. The first-order chi connectivity index (χ1) is 14.7. The molecule has 1 aromatic carbocycles. The molecule has 4 rings (SSSR count). The quantitative estimate of drug-likeness (QED) is 0.607. The van der Waals surface area contributed by atoms with Crippen LogP contribution in [-0.4, -0.2) is 57.3 Å². The minimum atomic E-state index is -2.99.